The van der Waals surface area contributed by atoms with E-state index in [0.29, 0.717) is 5.69 Å². The lowest BCUT2D eigenvalue weighted by Gasteiger charge is -2.11. The highest BCUT2D eigenvalue weighted by Gasteiger charge is 2.30. The molecule has 1 heterocycles. The van der Waals surface area contributed by atoms with Crippen LogP contribution in [0.25, 0.3) is 0 Å². The molecule has 1 aromatic carbocycles. The van der Waals surface area contributed by atoms with Gasteiger partial charge in [0.1, 0.15) is 5.82 Å². The fourth-order valence-corrected chi connectivity index (χ4v) is 1.85. The predicted molar refractivity (Wildman–Crippen MR) is 78.7 cm³/mol. The number of nitrogens with one attached hydrogen (secondary N) is 2. The molecule has 0 saturated carbocycles. The van der Waals surface area contributed by atoms with Gasteiger partial charge in [-0.15, -0.1) is 0 Å². The lowest BCUT2D eigenvalue weighted by molar-refractivity contribution is -0.137. The molecular formula is C14H11F4N3S. The average Bonchev–Trinajstić information content (AvgIpc) is 2.45. The standard InChI is InChI=1S/C14H11F4N3S/c15-10-2-1-3-11(7-10)21-13(22)20-8-12-6-9(4-5-19-12)14(16,17)18/h1-7H,8H2,(H2,20,21,22). The highest BCUT2D eigenvalue weighted by molar-refractivity contribution is 7.80. The minimum Gasteiger partial charge on any atom is -0.357 e. The second kappa shape index (κ2) is 6.69. The second-order valence-corrected chi connectivity index (χ2v) is 4.76. The lowest BCUT2D eigenvalue weighted by Crippen LogP contribution is -2.28. The zero-order valence-corrected chi connectivity index (χ0v) is 11.9. The topological polar surface area (TPSA) is 37.0 Å². The number of hydrogen-bond acceptors (Lipinski definition) is 2. The molecule has 116 valence electrons. The first-order chi connectivity index (χ1) is 10.3. The van der Waals surface area contributed by atoms with E-state index < -0.39 is 17.6 Å². The molecule has 0 amide bonds. The molecule has 0 unspecified atom stereocenters. The van der Waals surface area contributed by atoms with Gasteiger partial charge in [-0.2, -0.15) is 13.2 Å². The Balaban J connectivity index is 1.94. The number of hydrogen-bond donors (Lipinski definition) is 2. The van der Waals surface area contributed by atoms with Gasteiger partial charge in [-0.1, -0.05) is 6.07 Å². The summed E-state index contributed by atoms with van der Waals surface area (Å²) in [5.74, 6) is -0.424. The molecule has 0 atom stereocenters. The maximum absolute atomic E-state index is 13.0. The Bertz CT molecular complexity index is 673. The van der Waals surface area contributed by atoms with Crippen LogP contribution < -0.4 is 10.6 Å². The zero-order valence-electron chi connectivity index (χ0n) is 11.1. The molecule has 0 bridgehead atoms. The molecule has 2 rings (SSSR count). The van der Waals surface area contributed by atoms with Crippen LogP contribution in [-0.2, 0) is 12.7 Å². The molecule has 0 aliphatic heterocycles. The van der Waals surface area contributed by atoms with Crippen molar-refractivity contribution in [3.05, 3.63) is 59.7 Å². The van der Waals surface area contributed by atoms with Crippen LogP contribution in [0.15, 0.2) is 42.6 Å². The van der Waals surface area contributed by atoms with Crippen LogP contribution in [-0.4, -0.2) is 10.1 Å². The van der Waals surface area contributed by atoms with Crippen molar-refractivity contribution in [2.24, 2.45) is 0 Å². The number of pyridine rings is 1. The smallest absolute Gasteiger partial charge is 0.357 e. The van der Waals surface area contributed by atoms with Crippen LogP contribution in [0, 0.1) is 5.82 Å². The summed E-state index contributed by atoms with van der Waals surface area (Å²) in [6.45, 7) is 0.0189. The van der Waals surface area contributed by atoms with Gasteiger partial charge in [0.05, 0.1) is 17.8 Å². The van der Waals surface area contributed by atoms with Gasteiger partial charge in [0, 0.05) is 11.9 Å². The summed E-state index contributed by atoms with van der Waals surface area (Å²) >= 11 is 4.99. The Morgan fingerprint density at radius 1 is 1.18 bits per heavy atom. The van der Waals surface area contributed by atoms with Crippen molar-refractivity contribution in [1.82, 2.24) is 10.3 Å². The first-order valence-electron chi connectivity index (χ1n) is 6.17. The Labute approximate surface area is 129 Å². The van der Waals surface area contributed by atoms with E-state index in [1.807, 2.05) is 0 Å². The minimum atomic E-state index is -4.42. The summed E-state index contributed by atoms with van der Waals surface area (Å²) in [5, 5.41) is 5.60. The first kappa shape index (κ1) is 16.2. The van der Waals surface area contributed by atoms with Crippen molar-refractivity contribution in [2.75, 3.05) is 5.32 Å². The molecule has 0 aliphatic carbocycles. The van der Waals surface area contributed by atoms with E-state index in [4.69, 9.17) is 12.2 Å². The summed E-state index contributed by atoms with van der Waals surface area (Å²) in [6, 6.07) is 7.49. The van der Waals surface area contributed by atoms with E-state index in [0.717, 1.165) is 18.3 Å². The summed E-state index contributed by atoms with van der Waals surface area (Å²) in [6.07, 6.45) is -3.33. The molecule has 8 heteroatoms. The lowest BCUT2D eigenvalue weighted by atomic mass is 10.2. The Kier molecular flexibility index (Phi) is 4.92. The maximum atomic E-state index is 13.0. The number of alkyl halides is 3. The Hall–Kier alpha value is -2.22. The van der Waals surface area contributed by atoms with Crippen molar-refractivity contribution in [3.63, 3.8) is 0 Å². The van der Waals surface area contributed by atoms with Crippen LogP contribution >= 0.6 is 12.2 Å². The van der Waals surface area contributed by atoms with Gasteiger partial charge in [0.15, 0.2) is 5.11 Å². The molecule has 0 aliphatic rings. The van der Waals surface area contributed by atoms with E-state index >= 15 is 0 Å². The molecule has 0 spiro atoms. The SMILES string of the molecule is Fc1cccc(NC(=S)NCc2cc(C(F)(F)F)ccn2)c1. The maximum Gasteiger partial charge on any atom is 0.416 e. The predicted octanol–water partition coefficient (Wildman–Crippen LogP) is 3.73. The van der Waals surface area contributed by atoms with Crippen LogP contribution in [0.2, 0.25) is 0 Å². The van der Waals surface area contributed by atoms with Crippen molar-refractivity contribution in [3.8, 4) is 0 Å². The molecule has 2 aromatic rings. The Morgan fingerprint density at radius 3 is 2.64 bits per heavy atom. The quantitative estimate of drug-likeness (QED) is 0.665. The van der Waals surface area contributed by atoms with E-state index in [-0.39, 0.29) is 17.4 Å². The van der Waals surface area contributed by atoms with E-state index in [1.165, 1.54) is 18.2 Å². The van der Waals surface area contributed by atoms with Crippen molar-refractivity contribution in [2.45, 2.75) is 12.7 Å². The molecule has 3 nitrogen and oxygen atoms in total. The number of nitrogens with zero attached hydrogens (tertiary/aromatic N) is 1. The number of aromatic nitrogens is 1. The van der Waals surface area contributed by atoms with Crippen LogP contribution in [0.4, 0.5) is 23.2 Å². The number of thiocarbonyl (C=S) groups is 1. The number of anilines is 1. The second-order valence-electron chi connectivity index (χ2n) is 4.35. The summed E-state index contributed by atoms with van der Waals surface area (Å²) in [4.78, 5) is 3.84. The molecule has 1 aromatic heterocycles. The average molecular weight is 329 g/mol. The van der Waals surface area contributed by atoms with Gasteiger partial charge in [0.2, 0.25) is 0 Å². The highest BCUT2D eigenvalue weighted by Crippen LogP contribution is 2.28. The van der Waals surface area contributed by atoms with Crippen LogP contribution in [0.3, 0.4) is 0 Å². The number of benzene rings is 1. The Morgan fingerprint density at radius 2 is 1.95 bits per heavy atom. The molecule has 2 N–H and O–H groups in total. The van der Waals surface area contributed by atoms with Crippen molar-refractivity contribution >= 4 is 23.0 Å². The largest absolute Gasteiger partial charge is 0.416 e. The third-order valence-corrected chi connectivity index (χ3v) is 2.90. The van der Waals surface area contributed by atoms with Gasteiger partial charge >= 0.3 is 6.18 Å². The summed E-state index contributed by atoms with van der Waals surface area (Å²) in [7, 11) is 0. The van der Waals surface area contributed by atoms with Crippen LogP contribution in [0.1, 0.15) is 11.3 Å². The fraction of sp³-hybridized carbons (Fsp3) is 0.143. The highest BCUT2D eigenvalue weighted by atomic mass is 32.1. The zero-order chi connectivity index (χ0) is 16.2. The third kappa shape index (κ3) is 4.66. The molecular weight excluding hydrogens is 318 g/mol. The van der Waals surface area contributed by atoms with Crippen molar-refractivity contribution in [1.29, 1.82) is 0 Å². The summed E-state index contributed by atoms with van der Waals surface area (Å²) < 4.78 is 50.7. The minimum absolute atomic E-state index is 0.0189. The molecule has 22 heavy (non-hydrogen) atoms. The third-order valence-electron chi connectivity index (χ3n) is 2.66. The molecule has 0 radical (unpaired) electrons. The molecule has 0 saturated heterocycles. The molecule has 0 fully saturated rings. The number of rotatable bonds is 3. The van der Waals surface area contributed by atoms with Crippen molar-refractivity contribution < 1.29 is 17.6 Å². The van der Waals surface area contributed by atoms with Gasteiger partial charge in [0.25, 0.3) is 0 Å². The fourth-order valence-electron chi connectivity index (χ4n) is 1.66. The van der Waals surface area contributed by atoms with Gasteiger partial charge in [-0.25, -0.2) is 4.39 Å². The van der Waals surface area contributed by atoms with Gasteiger partial charge < -0.3 is 10.6 Å². The van der Waals surface area contributed by atoms with Gasteiger partial charge in [-0.3, -0.25) is 4.98 Å². The van der Waals surface area contributed by atoms with Gasteiger partial charge in [-0.05, 0) is 42.5 Å². The van der Waals surface area contributed by atoms with E-state index in [1.54, 1.807) is 6.07 Å². The first-order valence-corrected chi connectivity index (χ1v) is 6.58. The number of halogens is 4. The summed E-state index contributed by atoms with van der Waals surface area (Å²) in [5.41, 5.74) is -0.143. The monoisotopic (exact) mass is 329 g/mol. The van der Waals surface area contributed by atoms with E-state index in [9.17, 15) is 17.6 Å². The van der Waals surface area contributed by atoms with Crippen LogP contribution in [0.5, 0.6) is 0 Å². The van der Waals surface area contributed by atoms with E-state index in [2.05, 4.69) is 15.6 Å². The normalized spacial score (nSPS) is 11.1.